The van der Waals surface area contributed by atoms with Crippen LogP contribution in [0.2, 0.25) is 0 Å². The van der Waals surface area contributed by atoms with Gasteiger partial charge in [0, 0.05) is 0 Å². The van der Waals surface area contributed by atoms with E-state index in [-0.39, 0.29) is 51.6 Å². The number of rotatable bonds is 0. The first kappa shape index (κ1) is 15.7. The third kappa shape index (κ3) is 120. The summed E-state index contributed by atoms with van der Waals surface area (Å²) in [6.45, 7) is 0. The van der Waals surface area contributed by atoms with Crippen LogP contribution in [0.4, 0.5) is 0 Å². The van der Waals surface area contributed by atoms with Crippen molar-refractivity contribution in [2.75, 3.05) is 0 Å². The SMILES string of the molecule is N.O=S(=O)([O-])O.[Sr+]. The first-order chi connectivity index (χ1) is 2.00. The van der Waals surface area contributed by atoms with Gasteiger partial charge in [-0.25, -0.2) is 8.42 Å². The first-order valence-corrected chi connectivity index (χ1v) is 2.05. The van der Waals surface area contributed by atoms with E-state index >= 15 is 0 Å². The van der Waals surface area contributed by atoms with Crippen LogP contribution in [0.5, 0.6) is 0 Å². The molecule has 0 aliphatic carbocycles. The summed E-state index contributed by atoms with van der Waals surface area (Å²) in [5.41, 5.74) is 0. The minimum Gasteiger partial charge on any atom is -0.726 e. The molecule has 1 radical (unpaired) electrons. The van der Waals surface area contributed by atoms with Gasteiger partial charge in [0.2, 0.25) is 10.4 Å². The second kappa shape index (κ2) is 5.45. The Labute approximate surface area is 78.5 Å². The van der Waals surface area contributed by atoms with Gasteiger partial charge in [-0.05, 0) is 0 Å². The summed E-state index contributed by atoms with van der Waals surface area (Å²) in [5, 5.41) is 0. The molecule has 0 unspecified atom stereocenters. The quantitative estimate of drug-likeness (QED) is 0.290. The van der Waals surface area contributed by atoms with Crippen LogP contribution in [-0.2, 0) is 10.4 Å². The number of hydrogen-bond acceptors (Lipinski definition) is 4. The van der Waals surface area contributed by atoms with Gasteiger partial charge >= 0.3 is 45.5 Å². The average molecular weight is 202 g/mol. The van der Waals surface area contributed by atoms with Crippen LogP contribution in [0.3, 0.4) is 0 Å². The van der Waals surface area contributed by atoms with E-state index < -0.39 is 10.4 Å². The molecule has 0 rings (SSSR count). The van der Waals surface area contributed by atoms with Crippen LogP contribution in [0, 0.1) is 0 Å². The van der Waals surface area contributed by atoms with Crippen molar-refractivity contribution in [3.05, 3.63) is 0 Å². The zero-order valence-electron chi connectivity index (χ0n) is 3.49. The molecule has 0 bridgehead atoms. The van der Waals surface area contributed by atoms with Crippen LogP contribution in [-0.4, -0.2) is 63.0 Å². The predicted octanol–water partition coefficient (Wildman–Crippen LogP) is -1.21. The Balaban J connectivity index is -0.0000000800. The zero-order valence-corrected chi connectivity index (χ0v) is 7.79. The fourth-order valence-corrected chi connectivity index (χ4v) is 0. The van der Waals surface area contributed by atoms with Crippen LogP contribution in [0.1, 0.15) is 0 Å². The molecule has 0 atom stereocenters. The molecule has 7 heteroatoms. The summed E-state index contributed by atoms with van der Waals surface area (Å²) in [7, 11) is -4.92. The van der Waals surface area contributed by atoms with Crippen molar-refractivity contribution in [1.29, 1.82) is 0 Å². The average Bonchev–Trinajstić information content (AvgIpc) is 0.722. The van der Waals surface area contributed by atoms with E-state index in [1.807, 2.05) is 0 Å². The van der Waals surface area contributed by atoms with E-state index in [1.165, 1.54) is 0 Å². The summed E-state index contributed by atoms with van der Waals surface area (Å²) < 4.78 is 32.8. The Hall–Kier alpha value is 1.31. The van der Waals surface area contributed by atoms with Gasteiger partial charge in [-0.15, -0.1) is 0 Å². The Kier molecular flexibility index (Phi) is 12.3. The van der Waals surface area contributed by atoms with Gasteiger partial charge in [0.25, 0.3) is 0 Å². The van der Waals surface area contributed by atoms with Crippen molar-refractivity contribution >= 4 is 55.9 Å². The monoisotopic (exact) mass is 202 g/mol. The normalized spacial score (nSPS) is 8.29. The van der Waals surface area contributed by atoms with E-state index in [0.717, 1.165) is 0 Å². The van der Waals surface area contributed by atoms with E-state index in [1.54, 1.807) is 0 Å². The third-order valence-corrected chi connectivity index (χ3v) is 0. The molecule has 0 aliphatic rings. The van der Waals surface area contributed by atoms with Gasteiger partial charge in [-0.1, -0.05) is 0 Å². The van der Waals surface area contributed by atoms with Crippen molar-refractivity contribution < 1.29 is 17.5 Å². The maximum atomic E-state index is 8.63. The molecule has 7 heavy (non-hydrogen) atoms. The summed E-state index contributed by atoms with van der Waals surface area (Å²) in [5.74, 6) is 0. The van der Waals surface area contributed by atoms with Crippen molar-refractivity contribution in [2.24, 2.45) is 0 Å². The van der Waals surface area contributed by atoms with E-state index in [4.69, 9.17) is 17.5 Å². The van der Waals surface area contributed by atoms with Gasteiger partial charge in [0.1, 0.15) is 0 Å². The predicted molar refractivity (Wildman–Crippen MR) is 23.1 cm³/mol. The van der Waals surface area contributed by atoms with Gasteiger partial charge in [-0.3, -0.25) is 4.55 Å². The van der Waals surface area contributed by atoms with E-state index in [9.17, 15) is 0 Å². The fourth-order valence-electron chi connectivity index (χ4n) is 0. The standard InChI is InChI=1S/H3N.H2O4S.Sr/c;1-5(2,3)4;/h1H3;(H2,1,2,3,4);/q;;+1/p-1. The largest absolute Gasteiger partial charge is 1.00 e. The molecule has 0 aliphatic heterocycles. The van der Waals surface area contributed by atoms with E-state index in [2.05, 4.69) is 0 Å². The molecule has 41 valence electrons. The maximum Gasteiger partial charge on any atom is 1.00 e. The molecular formula is H4NO4SSr. The Morgan fingerprint density at radius 2 is 1.43 bits per heavy atom. The topological polar surface area (TPSA) is 112 Å². The molecule has 0 spiro atoms. The Bertz CT molecular complexity index is 94.9. The Morgan fingerprint density at radius 3 is 1.43 bits per heavy atom. The molecule has 0 saturated heterocycles. The fraction of sp³-hybridized carbons (Fsp3) is 0. The molecule has 4 N–H and O–H groups in total. The summed E-state index contributed by atoms with van der Waals surface area (Å²) in [6, 6.07) is 0. The minimum absolute atomic E-state index is 0. The molecule has 0 fully saturated rings. The Morgan fingerprint density at radius 1 is 1.43 bits per heavy atom. The summed E-state index contributed by atoms with van der Waals surface area (Å²) in [4.78, 5) is 0. The first-order valence-electron chi connectivity index (χ1n) is 0.683. The van der Waals surface area contributed by atoms with Crippen molar-refractivity contribution in [3.63, 3.8) is 0 Å². The molecule has 0 aromatic heterocycles. The smallest absolute Gasteiger partial charge is 0.726 e. The van der Waals surface area contributed by atoms with Crippen LogP contribution < -0.4 is 6.15 Å². The number of hydrogen-bond donors (Lipinski definition) is 2. The molecule has 0 aromatic rings. The molecule has 0 aromatic carbocycles. The molecule has 5 nitrogen and oxygen atoms in total. The second-order valence-electron chi connectivity index (χ2n) is 0.428. The van der Waals surface area contributed by atoms with Gasteiger partial charge in [0.15, 0.2) is 0 Å². The summed E-state index contributed by atoms with van der Waals surface area (Å²) in [6.07, 6.45) is 0. The molecule has 0 saturated carbocycles. The van der Waals surface area contributed by atoms with Gasteiger partial charge in [0.05, 0.1) is 0 Å². The van der Waals surface area contributed by atoms with Gasteiger partial charge < -0.3 is 10.7 Å². The van der Waals surface area contributed by atoms with E-state index in [0.29, 0.717) is 0 Å². The summed E-state index contributed by atoms with van der Waals surface area (Å²) >= 11 is 0. The third-order valence-electron chi connectivity index (χ3n) is 0. The van der Waals surface area contributed by atoms with Crippen molar-refractivity contribution in [3.8, 4) is 0 Å². The van der Waals surface area contributed by atoms with Gasteiger partial charge in [-0.2, -0.15) is 0 Å². The van der Waals surface area contributed by atoms with Crippen LogP contribution in [0.15, 0.2) is 0 Å². The van der Waals surface area contributed by atoms with Crippen molar-refractivity contribution in [1.82, 2.24) is 6.15 Å². The maximum absolute atomic E-state index is 8.63. The van der Waals surface area contributed by atoms with Crippen LogP contribution >= 0.6 is 0 Å². The molecule has 0 amide bonds. The molecule has 0 heterocycles. The van der Waals surface area contributed by atoms with Crippen LogP contribution in [0.25, 0.3) is 0 Å². The minimum atomic E-state index is -4.92. The zero-order chi connectivity index (χ0) is 4.50. The second-order valence-corrected chi connectivity index (χ2v) is 1.28. The van der Waals surface area contributed by atoms with Crippen molar-refractivity contribution in [2.45, 2.75) is 0 Å². The molecular weight excluding hydrogens is 198 g/mol.